The number of anilines is 1. The van der Waals surface area contributed by atoms with Crippen LogP contribution in [0.3, 0.4) is 0 Å². The van der Waals surface area contributed by atoms with Crippen molar-refractivity contribution in [2.75, 3.05) is 18.9 Å². The van der Waals surface area contributed by atoms with E-state index in [9.17, 15) is 5.11 Å². The van der Waals surface area contributed by atoms with E-state index in [0.717, 1.165) is 24.5 Å². The van der Waals surface area contributed by atoms with Crippen LogP contribution in [-0.2, 0) is 6.54 Å². The Kier molecular flexibility index (Phi) is 3.18. The lowest BCUT2D eigenvalue weighted by Crippen LogP contribution is -2.34. The summed E-state index contributed by atoms with van der Waals surface area (Å²) in [6.07, 6.45) is 1.14. The monoisotopic (exact) mass is 228 g/mol. The van der Waals surface area contributed by atoms with Gasteiger partial charge in [0.05, 0.1) is 13.2 Å². The molecule has 5 nitrogen and oxygen atoms in total. The molecule has 2 rings (SSSR count). The molecule has 2 heterocycles. The molecule has 0 aromatic carbocycles. The lowest BCUT2D eigenvalue weighted by Gasteiger charge is -2.23. The summed E-state index contributed by atoms with van der Waals surface area (Å²) in [6, 6.07) is 0.259. The molecule has 15 heavy (non-hydrogen) atoms. The zero-order chi connectivity index (χ0) is 10.8. The summed E-state index contributed by atoms with van der Waals surface area (Å²) in [5, 5.41) is 18.5. The molecule has 1 aromatic heterocycles. The fraction of sp³-hybridized carbons (Fsp3) is 0.778. The summed E-state index contributed by atoms with van der Waals surface area (Å²) in [6.45, 7) is 4.17. The van der Waals surface area contributed by atoms with Gasteiger partial charge in [-0.2, -0.15) is 0 Å². The molecule has 0 radical (unpaired) electrons. The first-order valence-electron chi connectivity index (χ1n) is 5.13. The summed E-state index contributed by atoms with van der Waals surface area (Å²) >= 11 is 1.42. The molecule has 0 saturated carbocycles. The molecule has 0 bridgehead atoms. The van der Waals surface area contributed by atoms with E-state index in [-0.39, 0.29) is 12.6 Å². The van der Waals surface area contributed by atoms with E-state index in [1.54, 1.807) is 0 Å². The van der Waals surface area contributed by atoms with Gasteiger partial charge < -0.3 is 10.8 Å². The molecule has 2 unspecified atom stereocenters. The molecule has 0 amide bonds. The molecule has 0 aliphatic carbocycles. The maximum Gasteiger partial charge on any atom is 0.203 e. The topological polar surface area (TPSA) is 75.3 Å². The zero-order valence-electron chi connectivity index (χ0n) is 8.76. The van der Waals surface area contributed by atoms with Crippen molar-refractivity contribution in [3.63, 3.8) is 0 Å². The van der Waals surface area contributed by atoms with Crippen LogP contribution in [-0.4, -0.2) is 39.4 Å². The first-order valence-corrected chi connectivity index (χ1v) is 5.95. The van der Waals surface area contributed by atoms with Crippen LogP contribution in [0.15, 0.2) is 0 Å². The fourth-order valence-corrected chi connectivity index (χ4v) is 2.72. The van der Waals surface area contributed by atoms with Gasteiger partial charge >= 0.3 is 0 Å². The van der Waals surface area contributed by atoms with E-state index in [1.807, 2.05) is 0 Å². The standard InChI is InChI=1S/C9H16N4OS/c1-6-2-3-13(7(6)5-14)4-8-11-12-9(10)15-8/h6-7,14H,2-5H2,1H3,(H2,10,12). The van der Waals surface area contributed by atoms with Gasteiger partial charge in [0.1, 0.15) is 5.01 Å². The summed E-state index contributed by atoms with van der Waals surface area (Å²) in [4.78, 5) is 2.25. The van der Waals surface area contributed by atoms with Crippen molar-refractivity contribution in [3.8, 4) is 0 Å². The van der Waals surface area contributed by atoms with Crippen LogP contribution < -0.4 is 5.73 Å². The average molecular weight is 228 g/mol. The highest BCUT2D eigenvalue weighted by Crippen LogP contribution is 2.26. The van der Waals surface area contributed by atoms with Gasteiger partial charge in [0.2, 0.25) is 5.13 Å². The van der Waals surface area contributed by atoms with Gasteiger partial charge in [0.25, 0.3) is 0 Å². The van der Waals surface area contributed by atoms with E-state index in [1.165, 1.54) is 11.3 Å². The number of nitrogens with two attached hydrogens (primary N) is 1. The van der Waals surface area contributed by atoms with Gasteiger partial charge in [-0.25, -0.2) is 0 Å². The second-order valence-electron chi connectivity index (χ2n) is 4.02. The third-order valence-corrected chi connectivity index (χ3v) is 3.74. The van der Waals surface area contributed by atoms with Crippen LogP contribution in [0.1, 0.15) is 18.4 Å². The predicted molar refractivity (Wildman–Crippen MR) is 59.4 cm³/mol. The van der Waals surface area contributed by atoms with Crippen LogP contribution in [0.25, 0.3) is 0 Å². The lowest BCUT2D eigenvalue weighted by molar-refractivity contribution is 0.134. The summed E-state index contributed by atoms with van der Waals surface area (Å²) in [5.74, 6) is 0.556. The highest BCUT2D eigenvalue weighted by molar-refractivity contribution is 7.15. The van der Waals surface area contributed by atoms with Crippen LogP contribution in [0.4, 0.5) is 5.13 Å². The smallest absolute Gasteiger partial charge is 0.203 e. The summed E-state index contributed by atoms with van der Waals surface area (Å²) in [5.41, 5.74) is 5.52. The largest absolute Gasteiger partial charge is 0.395 e. The Bertz CT molecular complexity index is 330. The molecular weight excluding hydrogens is 212 g/mol. The van der Waals surface area contributed by atoms with Gasteiger partial charge in [-0.3, -0.25) is 4.90 Å². The van der Waals surface area contributed by atoms with Crippen molar-refractivity contribution in [2.45, 2.75) is 25.9 Å². The SMILES string of the molecule is CC1CCN(Cc2nnc(N)s2)C1CO. The van der Waals surface area contributed by atoms with E-state index in [4.69, 9.17) is 5.73 Å². The van der Waals surface area contributed by atoms with Crippen molar-refractivity contribution in [3.05, 3.63) is 5.01 Å². The third-order valence-electron chi connectivity index (χ3n) is 3.01. The minimum atomic E-state index is 0.218. The van der Waals surface area contributed by atoms with Crippen LogP contribution in [0.5, 0.6) is 0 Å². The Morgan fingerprint density at radius 2 is 2.40 bits per heavy atom. The molecular formula is C9H16N4OS. The van der Waals surface area contributed by atoms with Crippen molar-refractivity contribution in [1.82, 2.24) is 15.1 Å². The molecule has 1 saturated heterocycles. The predicted octanol–water partition coefficient (Wildman–Crippen LogP) is 0.323. The maximum atomic E-state index is 9.29. The van der Waals surface area contributed by atoms with Crippen LogP contribution in [0, 0.1) is 5.92 Å². The molecule has 3 N–H and O–H groups in total. The lowest BCUT2D eigenvalue weighted by atomic mass is 10.0. The number of hydrogen-bond donors (Lipinski definition) is 2. The van der Waals surface area contributed by atoms with Crippen LogP contribution in [0.2, 0.25) is 0 Å². The van der Waals surface area contributed by atoms with Gasteiger partial charge in [-0.1, -0.05) is 18.3 Å². The number of nitrogen functional groups attached to an aromatic ring is 1. The summed E-state index contributed by atoms with van der Waals surface area (Å²) < 4.78 is 0. The number of rotatable bonds is 3. The summed E-state index contributed by atoms with van der Waals surface area (Å²) in [7, 11) is 0. The van der Waals surface area contributed by atoms with E-state index in [2.05, 4.69) is 22.0 Å². The fourth-order valence-electron chi connectivity index (χ4n) is 2.08. The zero-order valence-corrected chi connectivity index (χ0v) is 9.57. The van der Waals surface area contributed by atoms with E-state index >= 15 is 0 Å². The number of aliphatic hydroxyl groups is 1. The molecule has 1 aliphatic heterocycles. The van der Waals surface area contributed by atoms with Gasteiger partial charge in [0, 0.05) is 6.04 Å². The molecule has 6 heteroatoms. The molecule has 84 valence electrons. The molecule has 1 aliphatic rings. The molecule has 2 atom stereocenters. The Morgan fingerprint density at radius 3 is 3.00 bits per heavy atom. The van der Waals surface area contributed by atoms with Crippen molar-refractivity contribution < 1.29 is 5.11 Å². The Balaban J connectivity index is 2.00. The first kappa shape index (κ1) is 10.8. The number of aromatic nitrogens is 2. The Morgan fingerprint density at radius 1 is 1.60 bits per heavy atom. The highest BCUT2D eigenvalue weighted by atomic mass is 32.1. The third kappa shape index (κ3) is 2.27. The number of nitrogens with zero attached hydrogens (tertiary/aromatic N) is 3. The quantitative estimate of drug-likeness (QED) is 0.779. The van der Waals surface area contributed by atoms with Crippen molar-refractivity contribution in [1.29, 1.82) is 0 Å². The molecule has 1 aromatic rings. The van der Waals surface area contributed by atoms with Gasteiger partial charge in [0.15, 0.2) is 0 Å². The second-order valence-corrected chi connectivity index (χ2v) is 5.11. The second kappa shape index (κ2) is 4.42. The molecule has 0 spiro atoms. The minimum absolute atomic E-state index is 0.218. The normalized spacial score (nSPS) is 27.3. The Labute approximate surface area is 92.9 Å². The highest BCUT2D eigenvalue weighted by Gasteiger charge is 2.30. The van der Waals surface area contributed by atoms with Crippen molar-refractivity contribution in [2.24, 2.45) is 5.92 Å². The average Bonchev–Trinajstić information content (AvgIpc) is 2.75. The first-order chi connectivity index (χ1) is 7.20. The number of aliphatic hydroxyl groups excluding tert-OH is 1. The van der Waals surface area contributed by atoms with Gasteiger partial charge in [-0.05, 0) is 18.9 Å². The number of likely N-dealkylation sites (tertiary alicyclic amines) is 1. The Hall–Kier alpha value is -0.720. The number of hydrogen-bond acceptors (Lipinski definition) is 6. The van der Waals surface area contributed by atoms with Gasteiger partial charge in [-0.15, -0.1) is 10.2 Å². The minimum Gasteiger partial charge on any atom is -0.395 e. The molecule has 1 fully saturated rings. The van der Waals surface area contributed by atoms with E-state index in [0.29, 0.717) is 11.0 Å². The van der Waals surface area contributed by atoms with E-state index < -0.39 is 0 Å². The maximum absolute atomic E-state index is 9.29. The van der Waals surface area contributed by atoms with Crippen molar-refractivity contribution >= 4 is 16.5 Å². The van der Waals surface area contributed by atoms with Crippen LogP contribution >= 0.6 is 11.3 Å².